The number of H-pyrrole nitrogens is 1. The van der Waals surface area contributed by atoms with Crippen molar-refractivity contribution in [1.82, 2.24) is 25.1 Å². The number of carbonyl (C=O) groups is 1. The second-order valence-electron chi connectivity index (χ2n) is 5.08. The number of rotatable bonds is 6. The van der Waals surface area contributed by atoms with Crippen molar-refractivity contribution < 1.29 is 4.79 Å². The summed E-state index contributed by atoms with van der Waals surface area (Å²) < 4.78 is 1.97. The third kappa shape index (κ3) is 3.98. The molecule has 0 saturated carbocycles. The average molecular weight is 330 g/mol. The van der Waals surface area contributed by atoms with Gasteiger partial charge in [0.2, 0.25) is 0 Å². The van der Waals surface area contributed by atoms with Gasteiger partial charge in [-0.05, 0) is 24.6 Å². The van der Waals surface area contributed by atoms with Crippen LogP contribution in [-0.4, -0.2) is 32.2 Å². The van der Waals surface area contributed by atoms with E-state index in [-0.39, 0.29) is 5.91 Å². The highest BCUT2D eigenvalue weighted by Crippen LogP contribution is 2.20. The van der Waals surface area contributed by atoms with E-state index in [0.717, 1.165) is 18.5 Å². The maximum atomic E-state index is 12.1. The van der Waals surface area contributed by atoms with Crippen molar-refractivity contribution in [2.75, 3.05) is 6.54 Å². The molecular weight excluding hydrogens is 314 g/mol. The first-order chi connectivity index (χ1) is 11.2. The molecule has 2 aromatic heterocycles. The van der Waals surface area contributed by atoms with Crippen LogP contribution < -0.4 is 5.32 Å². The van der Waals surface area contributed by atoms with Gasteiger partial charge in [0, 0.05) is 36.1 Å². The van der Waals surface area contributed by atoms with Crippen LogP contribution in [0.25, 0.3) is 11.3 Å². The van der Waals surface area contributed by atoms with E-state index in [2.05, 4.69) is 20.5 Å². The summed E-state index contributed by atoms with van der Waals surface area (Å²) in [5, 5.41) is 10.5. The Balaban J connectivity index is 1.52. The van der Waals surface area contributed by atoms with Crippen LogP contribution in [0, 0.1) is 0 Å². The van der Waals surface area contributed by atoms with Crippen molar-refractivity contribution in [3.63, 3.8) is 0 Å². The standard InChI is InChI=1S/C16H16ClN5O/c17-13-4-2-12(3-5-13)14-10-15(21-20-14)16(23)19-6-1-8-22-9-7-18-11-22/h2-5,7,9-11H,1,6,8H2,(H,19,23)(H,20,21). The molecule has 0 spiro atoms. The largest absolute Gasteiger partial charge is 0.351 e. The van der Waals surface area contributed by atoms with Gasteiger partial charge in [0.1, 0.15) is 5.69 Å². The molecule has 118 valence electrons. The van der Waals surface area contributed by atoms with Gasteiger partial charge >= 0.3 is 0 Å². The van der Waals surface area contributed by atoms with E-state index in [1.165, 1.54) is 0 Å². The molecule has 6 nitrogen and oxygen atoms in total. The second-order valence-corrected chi connectivity index (χ2v) is 5.52. The average Bonchev–Trinajstić information content (AvgIpc) is 3.24. The number of halogens is 1. The predicted octanol–water partition coefficient (Wildman–Crippen LogP) is 2.75. The lowest BCUT2D eigenvalue weighted by atomic mass is 10.1. The third-order valence-corrected chi connectivity index (χ3v) is 3.65. The summed E-state index contributed by atoms with van der Waals surface area (Å²) in [5.74, 6) is -0.164. The van der Waals surface area contributed by atoms with Crippen molar-refractivity contribution in [3.8, 4) is 11.3 Å². The first kappa shape index (κ1) is 15.3. The van der Waals surface area contributed by atoms with Gasteiger partial charge in [-0.15, -0.1) is 0 Å². The zero-order valence-corrected chi connectivity index (χ0v) is 13.1. The summed E-state index contributed by atoms with van der Waals surface area (Å²) >= 11 is 5.86. The van der Waals surface area contributed by atoms with Gasteiger partial charge in [-0.25, -0.2) is 4.98 Å². The Hall–Kier alpha value is -2.60. The highest BCUT2D eigenvalue weighted by Gasteiger charge is 2.10. The molecule has 3 aromatic rings. The number of carbonyl (C=O) groups excluding carboxylic acids is 1. The smallest absolute Gasteiger partial charge is 0.269 e. The van der Waals surface area contributed by atoms with Gasteiger partial charge in [-0.2, -0.15) is 5.10 Å². The highest BCUT2D eigenvalue weighted by molar-refractivity contribution is 6.30. The van der Waals surface area contributed by atoms with E-state index in [0.29, 0.717) is 23.0 Å². The Morgan fingerprint density at radius 1 is 1.30 bits per heavy atom. The van der Waals surface area contributed by atoms with E-state index < -0.39 is 0 Å². The molecule has 2 heterocycles. The van der Waals surface area contributed by atoms with Crippen molar-refractivity contribution >= 4 is 17.5 Å². The molecule has 0 atom stereocenters. The number of aryl methyl sites for hydroxylation is 1. The minimum Gasteiger partial charge on any atom is -0.351 e. The molecule has 0 saturated heterocycles. The second kappa shape index (κ2) is 7.11. The summed E-state index contributed by atoms with van der Waals surface area (Å²) in [4.78, 5) is 16.1. The predicted molar refractivity (Wildman–Crippen MR) is 88.2 cm³/mol. The van der Waals surface area contributed by atoms with Crippen LogP contribution in [0.1, 0.15) is 16.9 Å². The van der Waals surface area contributed by atoms with Crippen LogP contribution >= 0.6 is 11.6 Å². The molecule has 0 fully saturated rings. The van der Waals surface area contributed by atoms with Gasteiger partial charge in [0.15, 0.2) is 0 Å². The Labute approximate surface area is 138 Å². The molecule has 7 heteroatoms. The number of imidazole rings is 1. The maximum Gasteiger partial charge on any atom is 0.269 e. The number of aromatic nitrogens is 4. The van der Waals surface area contributed by atoms with Gasteiger partial charge in [-0.1, -0.05) is 23.7 Å². The van der Waals surface area contributed by atoms with Gasteiger partial charge in [0.25, 0.3) is 5.91 Å². The number of benzene rings is 1. The topological polar surface area (TPSA) is 75.6 Å². The Kier molecular flexibility index (Phi) is 4.73. The lowest BCUT2D eigenvalue weighted by Crippen LogP contribution is -2.25. The molecule has 0 aliphatic carbocycles. The Morgan fingerprint density at radius 2 is 2.13 bits per heavy atom. The number of nitrogens with one attached hydrogen (secondary N) is 2. The molecule has 2 N–H and O–H groups in total. The zero-order valence-electron chi connectivity index (χ0n) is 12.4. The monoisotopic (exact) mass is 329 g/mol. The SMILES string of the molecule is O=C(NCCCn1ccnc1)c1cc(-c2ccc(Cl)cc2)n[nH]1. The molecule has 1 aromatic carbocycles. The van der Waals surface area contributed by atoms with Crippen LogP contribution in [0.3, 0.4) is 0 Å². The fraction of sp³-hybridized carbons (Fsp3) is 0.188. The zero-order chi connectivity index (χ0) is 16.1. The summed E-state index contributed by atoms with van der Waals surface area (Å²) in [5.41, 5.74) is 2.06. The van der Waals surface area contributed by atoms with E-state index in [9.17, 15) is 4.79 Å². The molecule has 3 rings (SSSR count). The number of hydrogen-bond donors (Lipinski definition) is 2. The van der Waals surface area contributed by atoms with Crippen LogP contribution in [0.4, 0.5) is 0 Å². The van der Waals surface area contributed by atoms with E-state index >= 15 is 0 Å². The Morgan fingerprint density at radius 3 is 2.87 bits per heavy atom. The number of nitrogens with zero attached hydrogens (tertiary/aromatic N) is 3. The van der Waals surface area contributed by atoms with Crippen molar-refractivity contribution in [1.29, 1.82) is 0 Å². The number of hydrogen-bond acceptors (Lipinski definition) is 3. The van der Waals surface area contributed by atoms with Crippen LogP contribution in [0.15, 0.2) is 49.1 Å². The summed E-state index contributed by atoms with van der Waals surface area (Å²) in [6.45, 7) is 1.41. The Bertz CT molecular complexity index is 764. The molecule has 23 heavy (non-hydrogen) atoms. The van der Waals surface area contributed by atoms with Gasteiger partial charge in [0.05, 0.1) is 12.0 Å². The van der Waals surface area contributed by atoms with E-state index in [4.69, 9.17) is 11.6 Å². The molecule has 0 radical (unpaired) electrons. The first-order valence-electron chi connectivity index (χ1n) is 7.27. The minimum absolute atomic E-state index is 0.164. The highest BCUT2D eigenvalue weighted by atomic mass is 35.5. The van der Waals surface area contributed by atoms with Crippen LogP contribution in [0.5, 0.6) is 0 Å². The number of aromatic amines is 1. The molecule has 1 amide bonds. The maximum absolute atomic E-state index is 12.1. The normalized spacial score (nSPS) is 10.7. The first-order valence-corrected chi connectivity index (χ1v) is 7.65. The fourth-order valence-corrected chi connectivity index (χ4v) is 2.31. The van der Waals surface area contributed by atoms with Gasteiger partial charge in [-0.3, -0.25) is 9.89 Å². The lowest BCUT2D eigenvalue weighted by Gasteiger charge is -2.04. The van der Waals surface area contributed by atoms with E-state index in [1.807, 2.05) is 22.9 Å². The summed E-state index contributed by atoms with van der Waals surface area (Å²) in [6.07, 6.45) is 6.23. The molecular formula is C16H16ClN5O. The fourth-order valence-electron chi connectivity index (χ4n) is 2.18. The quantitative estimate of drug-likeness (QED) is 0.683. The van der Waals surface area contributed by atoms with Gasteiger partial charge < -0.3 is 9.88 Å². The molecule has 0 aliphatic rings. The lowest BCUT2D eigenvalue weighted by molar-refractivity contribution is 0.0947. The molecule has 0 aliphatic heterocycles. The summed E-state index contributed by atoms with van der Waals surface area (Å²) in [6, 6.07) is 9.05. The minimum atomic E-state index is -0.164. The molecule has 0 bridgehead atoms. The third-order valence-electron chi connectivity index (χ3n) is 3.40. The van der Waals surface area contributed by atoms with Crippen LogP contribution in [-0.2, 0) is 6.54 Å². The van der Waals surface area contributed by atoms with E-state index in [1.54, 1.807) is 30.7 Å². The van der Waals surface area contributed by atoms with Crippen LogP contribution in [0.2, 0.25) is 5.02 Å². The van der Waals surface area contributed by atoms with Crippen molar-refractivity contribution in [2.24, 2.45) is 0 Å². The van der Waals surface area contributed by atoms with Crippen molar-refractivity contribution in [3.05, 3.63) is 59.8 Å². The summed E-state index contributed by atoms with van der Waals surface area (Å²) in [7, 11) is 0. The number of amides is 1. The molecule has 0 unspecified atom stereocenters. The van der Waals surface area contributed by atoms with Crippen molar-refractivity contribution in [2.45, 2.75) is 13.0 Å².